The molecule has 1 saturated heterocycles. The monoisotopic (exact) mass is 537 g/mol. The van der Waals surface area contributed by atoms with Crippen molar-refractivity contribution in [3.05, 3.63) is 70.3 Å². The summed E-state index contributed by atoms with van der Waals surface area (Å²) in [4.78, 5) is 29.6. The Morgan fingerprint density at radius 2 is 1.94 bits per heavy atom. The Bertz CT molecular complexity index is 1220. The first kappa shape index (κ1) is 23.7. The highest BCUT2D eigenvalue weighted by Gasteiger charge is 2.48. The van der Waals surface area contributed by atoms with Crippen LogP contribution in [0.2, 0.25) is 0 Å². The molecular weight excluding hydrogens is 508 g/mol. The van der Waals surface area contributed by atoms with E-state index in [1.54, 1.807) is 9.80 Å². The summed E-state index contributed by atoms with van der Waals surface area (Å²) >= 11 is 3.73. The van der Waals surface area contributed by atoms with Crippen LogP contribution in [0, 0.1) is 6.92 Å². The number of fused-ring (bicyclic) bond motifs is 3. The molecule has 2 amide bonds. The van der Waals surface area contributed by atoms with Crippen LogP contribution in [0.25, 0.3) is 0 Å². The molecular formula is C27H30BrN4O3+. The van der Waals surface area contributed by atoms with E-state index in [0.717, 1.165) is 46.5 Å². The molecule has 1 fully saturated rings. The van der Waals surface area contributed by atoms with Crippen LogP contribution >= 0.6 is 15.9 Å². The molecule has 5 rings (SSSR count). The number of amides is 2. The third-order valence-corrected chi connectivity index (χ3v) is 7.59. The van der Waals surface area contributed by atoms with E-state index in [4.69, 9.17) is 9.84 Å². The van der Waals surface area contributed by atoms with Gasteiger partial charge in [0.15, 0.2) is 0 Å². The van der Waals surface area contributed by atoms with Crippen LogP contribution < -0.4 is 0 Å². The molecule has 0 bridgehead atoms. The van der Waals surface area contributed by atoms with E-state index in [2.05, 4.69) is 28.9 Å². The first-order valence-corrected chi connectivity index (χ1v) is 13.0. The molecule has 3 aliphatic heterocycles. The van der Waals surface area contributed by atoms with Gasteiger partial charge in [-0.25, -0.2) is 9.59 Å². The molecule has 0 aliphatic carbocycles. The molecule has 3 aliphatic rings. The van der Waals surface area contributed by atoms with Gasteiger partial charge in [0.1, 0.15) is 18.6 Å². The maximum atomic E-state index is 13.4. The smallest absolute Gasteiger partial charge is 0.410 e. The number of ether oxygens (including phenoxy) is 1. The van der Waals surface area contributed by atoms with Gasteiger partial charge >= 0.3 is 12.0 Å². The van der Waals surface area contributed by atoms with Gasteiger partial charge in [0.25, 0.3) is 5.84 Å². The summed E-state index contributed by atoms with van der Waals surface area (Å²) in [5.74, 6) is 0.852. The van der Waals surface area contributed by atoms with E-state index in [1.165, 1.54) is 0 Å². The summed E-state index contributed by atoms with van der Waals surface area (Å²) in [5, 5.41) is 4.78. The molecule has 0 saturated carbocycles. The van der Waals surface area contributed by atoms with E-state index in [1.807, 2.05) is 61.3 Å². The van der Waals surface area contributed by atoms with Crippen LogP contribution in [0.5, 0.6) is 0 Å². The fraction of sp³-hybridized carbons (Fsp3) is 0.407. The number of nitrogens with zero attached hydrogens (tertiary/aromatic N) is 4. The number of hydrazone groups is 1. The number of likely N-dealkylation sites (tertiary alicyclic amines) is 1. The molecule has 35 heavy (non-hydrogen) atoms. The Labute approximate surface area is 214 Å². The van der Waals surface area contributed by atoms with Crippen molar-refractivity contribution in [3.8, 4) is 0 Å². The number of benzene rings is 2. The molecule has 0 radical (unpaired) electrons. The lowest BCUT2D eigenvalue weighted by molar-refractivity contribution is -0.576. The number of halogens is 1. The summed E-state index contributed by atoms with van der Waals surface area (Å²) in [7, 11) is 1.84. The van der Waals surface area contributed by atoms with Crippen LogP contribution in [0.15, 0.2) is 47.6 Å². The summed E-state index contributed by atoms with van der Waals surface area (Å²) in [5.41, 5.74) is 4.99. The highest BCUT2D eigenvalue weighted by atomic mass is 79.9. The van der Waals surface area contributed by atoms with Gasteiger partial charge in [-0.2, -0.15) is 4.90 Å². The molecule has 8 heteroatoms. The minimum absolute atomic E-state index is 0.00164. The summed E-state index contributed by atoms with van der Waals surface area (Å²) < 4.78 is 7.53. The first-order chi connectivity index (χ1) is 16.8. The molecule has 2 aromatic carbocycles. The Hall–Kier alpha value is -3.00. The minimum atomic E-state index is -0.284. The summed E-state index contributed by atoms with van der Waals surface area (Å²) in [6.07, 6.45) is 3.20. The quantitative estimate of drug-likeness (QED) is 0.414. The van der Waals surface area contributed by atoms with Crippen LogP contribution in [-0.4, -0.2) is 64.7 Å². The zero-order valence-corrected chi connectivity index (χ0v) is 21.9. The second-order valence-corrected chi connectivity index (χ2v) is 10.9. The lowest BCUT2D eigenvalue weighted by Gasteiger charge is -2.31. The molecule has 3 heterocycles. The van der Waals surface area contributed by atoms with Crippen molar-refractivity contribution < 1.29 is 19.0 Å². The average molecular weight is 538 g/mol. The van der Waals surface area contributed by atoms with Gasteiger partial charge in [0, 0.05) is 30.8 Å². The second kappa shape index (κ2) is 9.57. The average Bonchev–Trinajstić information content (AvgIpc) is 3.31. The maximum Gasteiger partial charge on any atom is 0.410 e. The molecule has 7 nitrogen and oxygen atoms in total. The van der Waals surface area contributed by atoms with E-state index in [-0.39, 0.29) is 35.4 Å². The molecule has 0 spiro atoms. The van der Waals surface area contributed by atoms with E-state index in [0.29, 0.717) is 13.1 Å². The summed E-state index contributed by atoms with van der Waals surface area (Å²) in [6, 6.07) is 14.0. The number of aryl methyl sites for hydroxylation is 1. The molecule has 2 atom stereocenters. The van der Waals surface area contributed by atoms with Crippen LogP contribution in [-0.2, 0) is 11.3 Å². The van der Waals surface area contributed by atoms with Crippen molar-refractivity contribution in [2.75, 3.05) is 20.1 Å². The highest BCUT2D eigenvalue weighted by molar-refractivity contribution is 9.09. The van der Waals surface area contributed by atoms with Crippen molar-refractivity contribution in [2.24, 2.45) is 5.10 Å². The number of carbonyl (C=O) groups excluding carboxylic acids is 2. The van der Waals surface area contributed by atoms with Gasteiger partial charge < -0.3 is 9.64 Å². The Balaban J connectivity index is 1.33. The number of carbonyl (C=O) groups is 2. The largest absolute Gasteiger partial charge is 0.445 e. The lowest BCUT2D eigenvalue weighted by Crippen LogP contribution is -2.49. The van der Waals surface area contributed by atoms with Crippen molar-refractivity contribution >= 4 is 40.0 Å². The van der Waals surface area contributed by atoms with Gasteiger partial charge in [-0.15, -0.1) is 4.68 Å². The van der Waals surface area contributed by atoms with E-state index >= 15 is 0 Å². The van der Waals surface area contributed by atoms with E-state index < -0.39 is 0 Å². The third-order valence-electron chi connectivity index (χ3n) is 7.10. The Morgan fingerprint density at radius 1 is 1.23 bits per heavy atom. The van der Waals surface area contributed by atoms with Gasteiger partial charge in [-0.3, -0.25) is 0 Å². The number of hydrogen-bond acceptors (Lipinski definition) is 4. The van der Waals surface area contributed by atoms with Gasteiger partial charge in [-0.05, 0) is 42.2 Å². The van der Waals surface area contributed by atoms with Gasteiger partial charge in [0.2, 0.25) is 0 Å². The maximum absolute atomic E-state index is 13.4. The number of likely N-dealkylation sites (N-methyl/N-ethyl adjacent to an activating group) is 1. The number of amidine groups is 1. The second-order valence-electron chi connectivity index (χ2n) is 9.50. The Kier molecular flexibility index (Phi) is 6.49. The van der Waals surface area contributed by atoms with E-state index in [9.17, 15) is 9.59 Å². The van der Waals surface area contributed by atoms with Crippen LogP contribution in [0.3, 0.4) is 0 Å². The fourth-order valence-corrected chi connectivity index (χ4v) is 5.70. The minimum Gasteiger partial charge on any atom is -0.445 e. The topological polar surface area (TPSA) is 65.2 Å². The molecule has 2 unspecified atom stereocenters. The molecule has 0 N–H and O–H groups in total. The highest BCUT2D eigenvalue weighted by Crippen LogP contribution is 2.39. The molecule has 0 aromatic heterocycles. The zero-order chi connectivity index (χ0) is 24.7. The number of alkyl halides is 1. The SMILES string of the molecule is Cc1cc2c(c(C(C)Br)c1)C1C=N[N+](C3CCN(C(=O)OCc4ccccc4)CC3)=C1N(C)C2=O. The number of rotatable bonds is 4. The Morgan fingerprint density at radius 3 is 2.63 bits per heavy atom. The van der Waals surface area contributed by atoms with Crippen molar-refractivity contribution in [2.45, 2.75) is 50.1 Å². The lowest BCUT2D eigenvalue weighted by atomic mass is 9.83. The van der Waals surface area contributed by atoms with Crippen LogP contribution in [0.1, 0.15) is 63.1 Å². The molecule has 2 aromatic rings. The molecule has 182 valence electrons. The van der Waals surface area contributed by atoms with Gasteiger partial charge in [0.05, 0.1) is 18.8 Å². The number of piperidine rings is 1. The normalized spacial score (nSPS) is 20.7. The van der Waals surface area contributed by atoms with Crippen molar-refractivity contribution in [3.63, 3.8) is 0 Å². The standard InChI is InChI=1S/C27H30BrN4O3/c1-17-13-21(18(2)28)24-22(14-17)26(33)30(3)25-23(24)15-29-32(25)20-9-11-31(12-10-20)27(34)35-16-19-7-5-4-6-8-19/h4-8,13-15,18,20,23H,9-12,16H2,1-3H3/q+1. The summed E-state index contributed by atoms with van der Waals surface area (Å²) in [6.45, 7) is 5.59. The predicted molar refractivity (Wildman–Crippen MR) is 138 cm³/mol. The van der Waals surface area contributed by atoms with Crippen LogP contribution in [0.4, 0.5) is 4.79 Å². The number of hydrogen-bond donors (Lipinski definition) is 0. The predicted octanol–water partition coefficient (Wildman–Crippen LogP) is 4.83. The van der Waals surface area contributed by atoms with Crippen molar-refractivity contribution in [1.29, 1.82) is 0 Å². The van der Waals surface area contributed by atoms with Crippen molar-refractivity contribution in [1.82, 2.24) is 9.80 Å². The first-order valence-electron chi connectivity index (χ1n) is 12.1. The zero-order valence-electron chi connectivity index (χ0n) is 20.3. The van der Waals surface area contributed by atoms with Gasteiger partial charge in [-0.1, -0.05) is 57.4 Å². The fourth-order valence-electron chi connectivity index (χ4n) is 5.32. The third kappa shape index (κ3) is 4.40.